The molecule has 0 radical (unpaired) electrons. The zero-order chi connectivity index (χ0) is 31.0. The summed E-state index contributed by atoms with van der Waals surface area (Å²) in [6.07, 6.45) is 0.584. The van der Waals surface area contributed by atoms with Gasteiger partial charge in [-0.15, -0.1) is 11.8 Å². The van der Waals surface area contributed by atoms with Crippen LogP contribution in [-0.4, -0.2) is 47.4 Å². The van der Waals surface area contributed by atoms with Gasteiger partial charge in [-0.1, -0.05) is 25.1 Å². The number of nitriles is 1. The monoisotopic (exact) mass is 599 g/mol. The minimum atomic E-state index is -0.599. The lowest BCUT2D eigenvalue weighted by Crippen LogP contribution is -2.42. The number of rotatable bonds is 9. The maximum atomic E-state index is 13.9. The Morgan fingerprint density at radius 2 is 1.70 bits per heavy atom. The summed E-state index contributed by atoms with van der Waals surface area (Å²) in [6.45, 7) is 8.22. The highest BCUT2D eigenvalue weighted by Crippen LogP contribution is 2.35. The van der Waals surface area contributed by atoms with Crippen LogP contribution in [0.4, 0.5) is 21.0 Å². The van der Waals surface area contributed by atoms with E-state index in [-0.39, 0.29) is 11.9 Å². The first-order valence-electron chi connectivity index (χ1n) is 14.3. The summed E-state index contributed by atoms with van der Waals surface area (Å²) in [7, 11) is 0. The van der Waals surface area contributed by atoms with Crippen LogP contribution in [0, 0.1) is 11.3 Å². The van der Waals surface area contributed by atoms with Gasteiger partial charge in [0.15, 0.2) is 0 Å². The topological polar surface area (TPSA) is 124 Å². The van der Waals surface area contributed by atoms with Gasteiger partial charge >= 0.3 is 12.1 Å². The predicted molar refractivity (Wildman–Crippen MR) is 169 cm³/mol. The third-order valence-electron chi connectivity index (χ3n) is 6.74. The molecular weight excluding hydrogens is 562 g/mol. The van der Waals surface area contributed by atoms with Crippen molar-refractivity contribution in [1.29, 1.82) is 5.26 Å². The normalized spacial score (nSPS) is 14.3. The Hall–Kier alpha value is -4.49. The number of ether oxygens (including phenoxy) is 1. The van der Waals surface area contributed by atoms with Crippen molar-refractivity contribution in [1.82, 2.24) is 10.2 Å². The highest BCUT2D eigenvalue weighted by molar-refractivity contribution is 7.99. The van der Waals surface area contributed by atoms with Gasteiger partial charge in [-0.05, 0) is 99.0 Å². The fourth-order valence-electron chi connectivity index (χ4n) is 4.83. The van der Waals surface area contributed by atoms with E-state index in [0.717, 1.165) is 21.8 Å². The highest BCUT2D eigenvalue weighted by atomic mass is 32.2. The SMILES string of the molecule is CCSc1ccc(NC(=O)Nc2ccc3c(c2)C(=O)N(CCCNC(=O)OC(C)(C)C)C(c2ccc(C#N)cc2)C3)cc1. The van der Waals surface area contributed by atoms with Crippen molar-refractivity contribution in [2.24, 2.45) is 0 Å². The van der Waals surface area contributed by atoms with Gasteiger partial charge in [0.25, 0.3) is 5.91 Å². The number of carbonyl (C=O) groups is 3. The molecule has 1 aliphatic heterocycles. The van der Waals surface area contributed by atoms with E-state index in [9.17, 15) is 19.6 Å². The van der Waals surface area contributed by atoms with E-state index in [1.54, 1.807) is 61.7 Å². The number of nitrogens with one attached hydrogen (secondary N) is 3. The van der Waals surface area contributed by atoms with Crippen LogP contribution in [0.15, 0.2) is 71.6 Å². The van der Waals surface area contributed by atoms with Crippen LogP contribution in [0.1, 0.15) is 67.2 Å². The number of nitrogens with zero attached hydrogens (tertiary/aromatic N) is 2. The Kier molecular flexibility index (Phi) is 10.3. The molecule has 9 nitrogen and oxygen atoms in total. The third-order valence-corrected chi connectivity index (χ3v) is 7.63. The first kappa shape index (κ1) is 31.4. The quantitative estimate of drug-likeness (QED) is 0.180. The summed E-state index contributed by atoms with van der Waals surface area (Å²) in [4.78, 5) is 41.6. The molecule has 3 aromatic carbocycles. The Morgan fingerprint density at radius 1 is 1.02 bits per heavy atom. The first-order valence-corrected chi connectivity index (χ1v) is 15.3. The van der Waals surface area contributed by atoms with Gasteiger partial charge in [-0.25, -0.2) is 9.59 Å². The molecule has 43 heavy (non-hydrogen) atoms. The molecule has 0 bridgehead atoms. The number of urea groups is 1. The maximum Gasteiger partial charge on any atom is 0.407 e. The van der Waals surface area contributed by atoms with Crippen LogP contribution >= 0.6 is 11.8 Å². The fraction of sp³-hybridized carbons (Fsp3) is 0.333. The summed E-state index contributed by atoms with van der Waals surface area (Å²) in [5.74, 6) is 0.805. The molecule has 1 unspecified atom stereocenters. The van der Waals surface area contributed by atoms with E-state index in [1.165, 1.54) is 0 Å². The standard InChI is InChI=1S/C33H37N5O4S/c1-5-43-27-15-13-25(14-16-27)36-31(40)37-26-12-11-24-19-29(23-9-7-22(21-34)8-10-23)38(30(39)28(24)20-26)18-6-17-35-32(41)42-33(2,3)4/h7-16,20,29H,5-6,17-19H2,1-4H3,(H,35,41)(H2,36,37,40). The molecule has 3 N–H and O–H groups in total. The second-order valence-electron chi connectivity index (χ2n) is 11.1. The van der Waals surface area contributed by atoms with Gasteiger partial charge in [0.2, 0.25) is 0 Å². The summed E-state index contributed by atoms with van der Waals surface area (Å²) in [6, 6.07) is 21.7. The van der Waals surface area contributed by atoms with Crippen molar-refractivity contribution in [3.8, 4) is 6.07 Å². The van der Waals surface area contributed by atoms with E-state index < -0.39 is 17.7 Å². The average molecular weight is 600 g/mol. The molecule has 0 saturated carbocycles. The molecule has 4 rings (SSSR count). The van der Waals surface area contributed by atoms with Gasteiger partial charge in [-0.2, -0.15) is 5.26 Å². The number of fused-ring (bicyclic) bond motifs is 1. The van der Waals surface area contributed by atoms with Crippen molar-refractivity contribution in [2.75, 3.05) is 29.5 Å². The molecule has 0 aromatic heterocycles. The number of hydrogen-bond donors (Lipinski definition) is 3. The number of amides is 4. The number of thioether (sulfide) groups is 1. The van der Waals surface area contributed by atoms with Gasteiger partial charge in [0.05, 0.1) is 17.7 Å². The average Bonchev–Trinajstić information content (AvgIpc) is 2.96. The minimum Gasteiger partial charge on any atom is -0.444 e. The van der Waals surface area contributed by atoms with Crippen LogP contribution in [-0.2, 0) is 11.2 Å². The van der Waals surface area contributed by atoms with Crippen molar-refractivity contribution in [2.45, 2.75) is 57.1 Å². The predicted octanol–water partition coefficient (Wildman–Crippen LogP) is 6.97. The molecule has 0 saturated heterocycles. The summed E-state index contributed by atoms with van der Waals surface area (Å²) in [5.41, 5.74) is 3.43. The summed E-state index contributed by atoms with van der Waals surface area (Å²) in [5, 5.41) is 17.6. The largest absolute Gasteiger partial charge is 0.444 e. The lowest BCUT2D eigenvalue weighted by atomic mass is 9.88. The van der Waals surface area contributed by atoms with Crippen LogP contribution in [0.2, 0.25) is 0 Å². The van der Waals surface area contributed by atoms with Crippen LogP contribution in [0.25, 0.3) is 0 Å². The van der Waals surface area contributed by atoms with Crippen LogP contribution < -0.4 is 16.0 Å². The zero-order valence-corrected chi connectivity index (χ0v) is 25.7. The molecule has 3 aromatic rings. The Balaban J connectivity index is 1.48. The van der Waals surface area contributed by atoms with Crippen LogP contribution in [0.3, 0.4) is 0 Å². The molecule has 224 valence electrons. The van der Waals surface area contributed by atoms with Gasteiger partial charge in [0, 0.05) is 34.9 Å². The van der Waals surface area contributed by atoms with Crippen molar-refractivity contribution in [3.05, 3.63) is 89.0 Å². The number of benzene rings is 3. The minimum absolute atomic E-state index is 0.166. The van der Waals surface area contributed by atoms with E-state index in [1.807, 2.05) is 42.5 Å². The highest BCUT2D eigenvalue weighted by Gasteiger charge is 2.33. The van der Waals surface area contributed by atoms with E-state index in [2.05, 4.69) is 28.9 Å². The smallest absolute Gasteiger partial charge is 0.407 e. The lowest BCUT2D eigenvalue weighted by molar-refractivity contribution is 0.0523. The second kappa shape index (κ2) is 14.1. The van der Waals surface area contributed by atoms with Crippen molar-refractivity contribution >= 4 is 41.2 Å². The molecule has 1 atom stereocenters. The van der Waals surface area contributed by atoms with Gasteiger partial charge < -0.3 is 25.6 Å². The van der Waals surface area contributed by atoms with Gasteiger partial charge in [-0.3, -0.25) is 4.79 Å². The van der Waals surface area contributed by atoms with Gasteiger partial charge in [0.1, 0.15) is 5.60 Å². The lowest BCUT2D eigenvalue weighted by Gasteiger charge is -2.37. The Labute approximate surface area is 257 Å². The third kappa shape index (κ3) is 8.75. The molecular formula is C33H37N5O4S. The number of hydrogen-bond acceptors (Lipinski definition) is 6. The Bertz CT molecular complexity index is 1490. The fourth-order valence-corrected chi connectivity index (χ4v) is 5.49. The molecule has 0 fully saturated rings. The van der Waals surface area contributed by atoms with Crippen LogP contribution in [0.5, 0.6) is 0 Å². The molecule has 4 amide bonds. The second-order valence-corrected chi connectivity index (χ2v) is 12.5. The zero-order valence-electron chi connectivity index (χ0n) is 24.9. The summed E-state index contributed by atoms with van der Waals surface area (Å²) < 4.78 is 5.31. The molecule has 1 heterocycles. The number of anilines is 2. The molecule has 1 aliphatic rings. The molecule has 10 heteroatoms. The van der Waals surface area contributed by atoms with E-state index in [0.29, 0.717) is 48.4 Å². The summed E-state index contributed by atoms with van der Waals surface area (Å²) >= 11 is 1.73. The number of carbonyl (C=O) groups excluding carboxylic acids is 3. The Morgan fingerprint density at radius 3 is 2.35 bits per heavy atom. The molecule has 0 aliphatic carbocycles. The van der Waals surface area contributed by atoms with E-state index in [4.69, 9.17) is 4.74 Å². The van der Waals surface area contributed by atoms with Crippen molar-refractivity contribution in [3.63, 3.8) is 0 Å². The molecule has 0 spiro atoms. The number of alkyl carbamates (subject to hydrolysis) is 1. The maximum absolute atomic E-state index is 13.9. The first-order chi connectivity index (χ1) is 20.6. The van der Waals surface area contributed by atoms with Crippen molar-refractivity contribution < 1.29 is 19.1 Å². The van der Waals surface area contributed by atoms with E-state index >= 15 is 0 Å².